The largest absolute Gasteiger partial charge is 0.392 e. The van der Waals surface area contributed by atoms with Crippen molar-refractivity contribution >= 4 is 5.82 Å². The molecule has 1 N–H and O–H groups in total. The summed E-state index contributed by atoms with van der Waals surface area (Å²) in [6.45, 7) is -0.296. The average molecular weight is 170 g/mol. The first-order valence-electron chi connectivity index (χ1n) is 3.58. The summed E-state index contributed by atoms with van der Waals surface area (Å²) in [6.07, 6.45) is 1.48. The molecule has 0 spiro atoms. The Morgan fingerprint density at radius 3 is 2.75 bits per heavy atom. The molecule has 0 unspecified atom stereocenters. The van der Waals surface area contributed by atoms with Gasteiger partial charge in [0.15, 0.2) is 11.6 Å². The lowest BCUT2D eigenvalue weighted by Gasteiger charge is -2.12. The van der Waals surface area contributed by atoms with E-state index in [4.69, 9.17) is 5.11 Å². The molecule has 12 heavy (non-hydrogen) atoms. The van der Waals surface area contributed by atoms with E-state index in [-0.39, 0.29) is 18.0 Å². The topological polar surface area (TPSA) is 36.4 Å². The number of hydrogen-bond donors (Lipinski definition) is 1. The predicted octanol–water partition coefficient (Wildman–Crippen LogP) is 0.779. The highest BCUT2D eigenvalue weighted by molar-refractivity contribution is 5.41. The molecule has 0 bridgehead atoms. The van der Waals surface area contributed by atoms with E-state index in [1.807, 2.05) is 0 Å². The summed E-state index contributed by atoms with van der Waals surface area (Å²) in [5.74, 6) is -0.202. The maximum absolute atomic E-state index is 13.3. The molecule has 66 valence electrons. The molecular weight excluding hydrogens is 159 g/mol. The standard InChI is InChI=1S/C8H11FN2O/c1-11(2)8-7(9)6(5-12)3-4-10-8/h3-4,12H,5H2,1-2H3. The molecule has 0 amide bonds. The maximum Gasteiger partial charge on any atom is 0.171 e. The van der Waals surface area contributed by atoms with Crippen LogP contribution in [0.2, 0.25) is 0 Å². The van der Waals surface area contributed by atoms with Crippen LogP contribution in [0.1, 0.15) is 5.56 Å². The molecule has 0 aliphatic rings. The molecule has 1 aromatic heterocycles. The van der Waals surface area contributed by atoms with Crippen molar-refractivity contribution in [1.82, 2.24) is 4.98 Å². The van der Waals surface area contributed by atoms with Crippen molar-refractivity contribution in [3.63, 3.8) is 0 Å². The molecule has 0 atom stereocenters. The highest BCUT2D eigenvalue weighted by Crippen LogP contribution is 2.16. The Labute approximate surface area is 70.5 Å². The van der Waals surface area contributed by atoms with Crippen LogP contribution in [-0.2, 0) is 6.61 Å². The molecule has 0 radical (unpaired) electrons. The number of halogens is 1. The summed E-state index contributed by atoms with van der Waals surface area (Å²) in [5.41, 5.74) is 0.272. The van der Waals surface area contributed by atoms with Crippen LogP contribution in [0.25, 0.3) is 0 Å². The zero-order valence-electron chi connectivity index (χ0n) is 7.08. The number of hydrogen-bond acceptors (Lipinski definition) is 3. The van der Waals surface area contributed by atoms with Crippen LogP contribution in [0.5, 0.6) is 0 Å². The van der Waals surface area contributed by atoms with Crippen molar-refractivity contribution in [2.75, 3.05) is 19.0 Å². The Balaban J connectivity index is 3.14. The number of aromatic nitrogens is 1. The predicted molar refractivity (Wildman–Crippen MR) is 44.4 cm³/mol. The van der Waals surface area contributed by atoms with Crippen molar-refractivity contribution in [3.05, 3.63) is 23.6 Å². The molecule has 0 saturated heterocycles. The molecule has 4 heteroatoms. The van der Waals surface area contributed by atoms with Gasteiger partial charge in [0.2, 0.25) is 0 Å². The number of aliphatic hydroxyl groups is 1. The van der Waals surface area contributed by atoms with Gasteiger partial charge in [0.25, 0.3) is 0 Å². The Kier molecular flexibility index (Phi) is 2.60. The molecule has 1 aromatic rings. The second kappa shape index (κ2) is 3.49. The Hall–Kier alpha value is -1.16. The molecule has 0 saturated carbocycles. The average Bonchev–Trinajstić information content (AvgIpc) is 2.04. The van der Waals surface area contributed by atoms with E-state index in [9.17, 15) is 4.39 Å². The number of rotatable bonds is 2. The number of nitrogens with zero attached hydrogens (tertiary/aromatic N) is 2. The zero-order valence-corrected chi connectivity index (χ0v) is 7.08. The van der Waals surface area contributed by atoms with Crippen LogP contribution >= 0.6 is 0 Å². The monoisotopic (exact) mass is 170 g/mol. The highest BCUT2D eigenvalue weighted by Gasteiger charge is 2.09. The Bertz CT molecular complexity index is 276. The van der Waals surface area contributed by atoms with Gasteiger partial charge in [-0.1, -0.05) is 0 Å². The van der Waals surface area contributed by atoms with Gasteiger partial charge in [-0.3, -0.25) is 0 Å². The van der Waals surface area contributed by atoms with Crippen LogP contribution in [0.3, 0.4) is 0 Å². The van der Waals surface area contributed by atoms with Crippen molar-refractivity contribution in [3.8, 4) is 0 Å². The fraction of sp³-hybridized carbons (Fsp3) is 0.375. The molecule has 0 aliphatic carbocycles. The van der Waals surface area contributed by atoms with E-state index in [0.717, 1.165) is 0 Å². The van der Waals surface area contributed by atoms with Gasteiger partial charge < -0.3 is 10.0 Å². The van der Waals surface area contributed by atoms with E-state index in [1.165, 1.54) is 12.3 Å². The lowest BCUT2D eigenvalue weighted by molar-refractivity contribution is 0.275. The fourth-order valence-electron chi connectivity index (χ4n) is 0.905. The van der Waals surface area contributed by atoms with Crippen LogP contribution in [0, 0.1) is 5.82 Å². The summed E-state index contributed by atoms with van der Waals surface area (Å²) in [4.78, 5) is 5.39. The maximum atomic E-state index is 13.3. The van der Waals surface area contributed by atoms with Crippen molar-refractivity contribution in [1.29, 1.82) is 0 Å². The second-order valence-corrected chi connectivity index (χ2v) is 2.66. The van der Waals surface area contributed by atoms with Gasteiger partial charge in [0, 0.05) is 25.9 Å². The summed E-state index contributed by atoms with van der Waals surface area (Å²) >= 11 is 0. The SMILES string of the molecule is CN(C)c1nccc(CO)c1F. The highest BCUT2D eigenvalue weighted by atomic mass is 19.1. The smallest absolute Gasteiger partial charge is 0.171 e. The normalized spacial score (nSPS) is 10.0. The quantitative estimate of drug-likeness (QED) is 0.712. The van der Waals surface area contributed by atoms with E-state index in [1.54, 1.807) is 19.0 Å². The first kappa shape index (κ1) is 8.93. The molecule has 1 heterocycles. The Morgan fingerprint density at radius 2 is 2.25 bits per heavy atom. The first-order chi connectivity index (χ1) is 5.66. The number of anilines is 1. The van der Waals surface area contributed by atoms with E-state index in [0.29, 0.717) is 0 Å². The van der Waals surface area contributed by atoms with E-state index >= 15 is 0 Å². The van der Waals surface area contributed by atoms with Gasteiger partial charge in [-0.25, -0.2) is 9.37 Å². The molecule has 1 rings (SSSR count). The fourth-order valence-corrected chi connectivity index (χ4v) is 0.905. The molecule has 0 aliphatic heterocycles. The van der Waals surface area contributed by atoms with Gasteiger partial charge in [-0.2, -0.15) is 0 Å². The summed E-state index contributed by atoms with van der Waals surface area (Å²) < 4.78 is 13.3. The Morgan fingerprint density at radius 1 is 1.58 bits per heavy atom. The van der Waals surface area contributed by atoms with Gasteiger partial charge in [-0.05, 0) is 6.07 Å². The van der Waals surface area contributed by atoms with Gasteiger partial charge in [-0.15, -0.1) is 0 Å². The summed E-state index contributed by atoms with van der Waals surface area (Å²) in [5, 5.41) is 8.74. The molecular formula is C8H11FN2O. The third-order valence-electron chi connectivity index (χ3n) is 1.54. The summed E-state index contributed by atoms with van der Waals surface area (Å²) in [7, 11) is 3.40. The van der Waals surface area contributed by atoms with Crippen molar-refractivity contribution in [2.45, 2.75) is 6.61 Å². The number of aliphatic hydroxyl groups excluding tert-OH is 1. The van der Waals surface area contributed by atoms with Crippen LogP contribution in [-0.4, -0.2) is 24.2 Å². The molecule has 0 fully saturated rings. The minimum absolute atomic E-state index is 0.251. The zero-order chi connectivity index (χ0) is 9.14. The first-order valence-corrected chi connectivity index (χ1v) is 3.58. The molecule has 0 aromatic carbocycles. The molecule has 3 nitrogen and oxygen atoms in total. The summed E-state index contributed by atoms with van der Waals surface area (Å²) in [6, 6.07) is 1.46. The van der Waals surface area contributed by atoms with Crippen LogP contribution in [0.15, 0.2) is 12.3 Å². The van der Waals surface area contributed by atoms with Gasteiger partial charge in [0.05, 0.1) is 6.61 Å². The van der Waals surface area contributed by atoms with Crippen molar-refractivity contribution < 1.29 is 9.50 Å². The third-order valence-corrected chi connectivity index (χ3v) is 1.54. The third kappa shape index (κ3) is 1.53. The van der Waals surface area contributed by atoms with E-state index < -0.39 is 5.82 Å². The van der Waals surface area contributed by atoms with E-state index in [2.05, 4.69) is 4.98 Å². The van der Waals surface area contributed by atoms with Gasteiger partial charge >= 0.3 is 0 Å². The minimum Gasteiger partial charge on any atom is -0.392 e. The lowest BCUT2D eigenvalue weighted by Crippen LogP contribution is -2.13. The van der Waals surface area contributed by atoms with Crippen molar-refractivity contribution in [2.24, 2.45) is 0 Å². The number of pyridine rings is 1. The van der Waals surface area contributed by atoms with Crippen LogP contribution < -0.4 is 4.90 Å². The second-order valence-electron chi connectivity index (χ2n) is 2.66. The lowest BCUT2D eigenvalue weighted by atomic mass is 10.2. The van der Waals surface area contributed by atoms with Crippen LogP contribution in [0.4, 0.5) is 10.2 Å². The minimum atomic E-state index is -0.454. The van der Waals surface area contributed by atoms with Gasteiger partial charge in [0.1, 0.15) is 0 Å².